The standard InChI is InChI=1S/C12H11ClN4OS/c13-11-9(4-2-5-15-11)17-10(18)7-19-12-8(14)3-1-6-16-12/h1-6H,7,14H2,(H,17,18). The second kappa shape index (κ2) is 6.40. The normalized spacial score (nSPS) is 10.2. The molecule has 0 saturated carbocycles. The number of nitrogen functional groups attached to an aromatic ring is 1. The zero-order valence-electron chi connectivity index (χ0n) is 9.84. The number of pyridine rings is 2. The third-order valence-electron chi connectivity index (χ3n) is 2.17. The van der Waals surface area contributed by atoms with Gasteiger partial charge in [-0.3, -0.25) is 4.79 Å². The number of rotatable bonds is 4. The summed E-state index contributed by atoms with van der Waals surface area (Å²) in [5.41, 5.74) is 6.78. The van der Waals surface area contributed by atoms with Crippen molar-refractivity contribution in [2.75, 3.05) is 16.8 Å². The van der Waals surface area contributed by atoms with E-state index in [-0.39, 0.29) is 16.8 Å². The van der Waals surface area contributed by atoms with Gasteiger partial charge in [0.15, 0.2) is 5.15 Å². The molecule has 3 N–H and O–H groups in total. The van der Waals surface area contributed by atoms with E-state index in [0.29, 0.717) is 16.4 Å². The molecule has 2 heterocycles. The molecule has 5 nitrogen and oxygen atoms in total. The Labute approximate surface area is 119 Å². The third-order valence-corrected chi connectivity index (χ3v) is 3.50. The summed E-state index contributed by atoms with van der Waals surface area (Å²) in [5, 5.41) is 3.57. The summed E-state index contributed by atoms with van der Waals surface area (Å²) in [6.45, 7) is 0. The molecule has 1 amide bonds. The summed E-state index contributed by atoms with van der Waals surface area (Å²) < 4.78 is 0. The number of thioether (sulfide) groups is 1. The Morgan fingerprint density at radius 1 is 1.32 bits per heavy atom. The first-order valence-electron chi connectivity index (χ1n) is 5.40. The van der Waals surface area contributed by atoms with Crippen LogP contribution in [0.5, 0.6) is 0 Å². The van der Waals surface area contributed by atoms with Crippen LogP contribution in [0.1, 0.15) is 0 Å². The Morgan fingerprint density at radius 3 is 2.79 bits per heavy atom. The molecule has 0 radical (unpaired) electrons. The average molecular weight is 295 g/mol. The minimum Gasteiger partial charge on any atom is -0.397 e. The van der Waals surface area contributed by atoms with Crippen LogP contribution in [0.4, 0.5) is 11.4 Å². The first-order chi connectivity index (χ1) is 9.16. The van der Waals surface area contributed by atoms with Gasteiger partial charge in [-0.2, -0.15) is 0 Å². The minimum absolute atomic E-state index is 0.190. The SMILES string of the molecule is Nc1cccnc1SCC(=O)Nc1cccnc1Cl. The molecule has 0 bridgehead atoms. The van der Waals surface area contributed by atoms with Crippen LogP contribution in [0.15, 0.2) is 41.7 Å². The van der Waals surface area contributed by atoms with Crippen LogP contribution in [0.2, 0.25) is 5.15 Å². The van der Waals surface area contributed by atoms with Gasteiger partial charge in [-0.25, -0.2) is 9.97 Å². The lowest BCUT2D eigenvalue weighted by Crippen LogP contribution is -2.14. The summed E-state index contributed by atoms with van der Waals surface area (Å²) in [5.74, 6) is 0.0110. The summed E-state index contributed by atoms with van der Waals surface area (Å²) in [4.78, 5) is 19.7. The second-order valence-electron chi connectivity index (χ2n) is 3.58. The van der Waals surface area contributed by atoms with Crippen LogP contribution in [0, 0.1) is 0 Å². The Hall–Kier alpha value is -1.79. The first kappa shape index (κ1) is 13.6. The van der Waals surface area contributed by atoms with Crippen molar-refractivity contribution < 1.29 is 4.79 Å². The average Bonchev–Trinajstić information content (AvgIpc) is 2.40. The van der Waals surface area contributed by atoms with E-state index in [9.17, 15) is 4.79 Å². The van der Waals surface area contributed by atoms with Crippen LogP contribution in [-0.4, -0.2) is 21.6 Å². The van der Waals surface area contributed by atoms with Crippen LogP contribution in [0.3, 0.4) is 0 Å². The zero-order valence-corrected chi connectivity index (χ0v) is 11.4. The monoisotopic (exact) mass is 294 g/mol. The molecule has 19 heavy (non-hydrogen) atoms. The number of nitrogens with one attached hydrogen (secondary N) is 1. The number of halogens is 1. The molecule has 98 valence electrons. The van der Waals surface area contributed by atoms with Gasteiger partial charge in [0, 0.05) is 12.4 Å². The Kier molecular flexibility index (Phi) is 4.59. The largest absolute Gasteiger partial charge is 0.397 e. The molecular formula is C12H11ClN4OS. The van der Waals surface area contributed by atoms with Crippen LogP contribution in [-0.2, 0) is 4.79 Å². The van der Waals surface area contributed by atoms with Crippen molar-refractivity contribution >= 4 is 40.6 Å². The second-order valence-corrected chi connectivity index (χ2v) is 4.90. The molecule has 2 aromatic heterocycles. The van der Waals surface area contributed by atoms with Gasteiger partial charge in [0.25, 0.3) is 0 Å². The van der Waals surface area contributed by atoms with E-state index >= 15 is 0 Å². The summed E-state index contributed by atoms with van der Waals surface area (Å²) >= 11 is 7.11. The quantitative estimate of drug-likeness (QED) is 0.669. The number of nitrogens with two attached hydrogens (primary N) is 1. The van der Waals surface area contributed by atoms with E-state index in [2.05, 4.69) is 15.3 Å². The van der Waals surface area contributed by atoms with Crippen molar-refractivity contribution in [2.24, 2.45) is 0 Å². The van der Waals surface area contributed by atoms with Gasteiger partial charge in [0.2, 0.25) is 5.91 Å². The van der Waals surface area contributed by atoms with Crippen LogP contribution >= 0.6 is 23.4 Å². The van der Waals surface area contributed by atoms with E-state index in [1.807, 2.05) is 0 Å². The van der Waals surface area contributed by atoms with Gasteiger partial charge >= 0.3 is 0 Å². The van der Waals surface area contributed by atoms with Crippen molar-refractivity contribution in [1.29, 1.82) is 0 Å². The maximum atomic E-state index is 11.8. The Balaban J connectivity index is 1.92. The molecule has 0 aliphatic heterocycles. The van der Waals surface area contributed by atoms with Gasteiger partial charge < -0.3 is 11.1 Å². The number of hydrogen-bond acceptors (Lipinski definition) is 5. The molecule has 2 rings (SSSR count). The van der Waals surface area contributed by atoms with E-state index in [4.69, 9.17) is 17.3 Å². The number of nitrogens with zero attached hydrogens (tertiary/aromatic N) is 2. The highest BCUT2D eigenvalue weighted by molar-refractivity contribution is 8.00. The molecule has 0 atom stereocenters. The summed E-state index contributed by atoms with van der Waals surface area (Å²) in [7, 11) is 0. The molecule has 0 saturated heterocycles. The molecule has 0 spiro atoms. The highest BCUT2D eigenvalue weighted by Gasteiger charge is 2.08. The molecule has 0 aliphatic rings. The van der Waals surface area contributed by atoms with Crippen LogP contribution < -0.4 is 11.1 Å². The van der Waals surface area contributed by atoms with E-state index < -0.39 is 0 Å². The topological polar surface area (TPSA) is 80.9 Å². The van der Waals surface area contributed by atoms with Crippen molar-refractivity contribution in [2.45, 2.75) is 5.03 Å². The highest BCUT2D eigenvalue weighted by atomic mass is 35.5. The van der Waals surface area contributed by atoms with Gasteiger partial charge in [0.1, 0.15) is 5.03 Å². The predicted molar refractivity (Wildman–Crippen MR) is 77.3 cm³/mol. The molecular weight excluding hydrogens is 284 g/mol. The summed E-state index contributed by atoms with van der Waals surface area (Å²) in [6, 6.07) is 6.87. The molecule has 0 unspecified atom stereocenters. The van der Waals surface area contributed by atoms with Crippen molar-refractivity contribution in [3.8, 4) is 0 Å². The lowest BCUT2D eigenvalue weighted by Gasteiger charge is -2.06. The van der Waals surface area contributed by atoms with Gasteiger partial charge in [0.05, 0.1) is 17.1 Å². The number of anilines is 2. The zero-order chi connectivity index (χ0) is 13.7. The predicted octanol–water partition coefficient (Wildman–Crippen LogP) is 2.44. The minimum atomic E-state index is -0.190. The number of carbonyl (C=O) groups excluding carboxylic acids is 1. The molecule has 2 aromatic rings. The number of aromatic nitrogens is 2. The summed E-state index contributed by atoms with van der Waals surface area (Å²) in [6.07, 6.45) is 3.19. The van der Waals surface area contributed by atoms with E-state index in [1.165, 1.54) is 11.8 Å². The third kappa shape index (κ3) is 3.84. The van der Waals surface area contributed by atoms with Crippen molar-refractivity contribution in [3.05, 3.63) is 41.8 Å². The van der Waals surface area contributed by atoms with Crippen molar-refractivity contribution in [3.63, 3.8) is 0 Å². The lowest BCUT2D eigenvalue weighted by molar-refractivity contribution is -0.113. The number of carbonyl (C=O) groups is 1. The maximum Gasteiger partial charge on any atom is 0.234 e. The molecule has 0 aliphatic carbocycles. The van der Waals surface area contributed by atoms with E-state index in [0.717, 1.165) is 0 Å². The van der Waals surface area contributed by atoms with E-state index in [1.54, 1.807) is 36.7 Å². The Morgan fingerprint density at radius 2 is 2.05 bits per heavy atom. The van der Waals surface area contributed by atoms with Gasteiger partial charge in [-0.15, -0.1) is 0 Å². The van der Waals surface area contributed by atoms with Crippen molar-refractivity contribution in [1.82, 2.24) is 9.97 Å². The number of hydrogen-bond donors (Lipinski definition) is 2. The fourth-order valence-electron chi connectivity index (χ4n) is 1.32. The maximum absolute atomic E-state index is 11.8. The molecule has 7 heteroatoms. The first-order valence-corrected chi connectivity index (χ1v) is 6.77. The fraction of sp³-hybridized carbons (Fsp3) is 0.0833. The van der Waals surface area contributed by atoms with Gasteiger partial charge in [-0.1, -0.05) is 23.4 Å². The molecule has 0 fully saturated rings. The number of amides is 1. The highest BCUT2D eigenvalue weighted by Crippen LogP contribution is 2.22. The fourth-order valence-corrected chi connectivity index (χ4v) is 2.20. The smallest absolute Gasteiger partial charge is 0.234 e. The molecule has 0 aromatic carbocycles. The lowest BCUT2D eigenvalue weighted by atomic mass is 10.4. The van der Waals surface area contributed by atoms with Crippen LogP contribution in [0.25, 0.3) is 0 Å². The van der Waals surface area contributed by atoms with Gasteiger partial charge in [-0.05, 0) is 24.3 Å². The Bertz CT molecular complexity index is 593.